The largest absolute Gasteiger partial charge is 0.350 e. The second-order valence-electron chi connectivity index (χ2n) is 7.14. The number of nitrogens with zero attached hydrogens (tertiary/aromatic N) is 2. The van der Waals surface area contributed by atoms with E-state index in [0.717, 1.165) is 17.5 Å². The van der Waals surface area contributed by atoms with Crippen LogP contribution in [0.2, 0.25) is 5.02 Å². The summed E-state index contributed by atoms with van der Waals surface area (Å²) in [6.07, 6.45) is 1.09. The summed E-state index contributed by atoms with van der Waals surface area (Å²) < 4.78 is 13.4. The normalized spacial score (nSPS) is 10.4. The maximum atomic E-state index is 13.4. The highest BCUT2D eigenvalue weighted by Crippen LogP contribution is 2.10. The van der Waals surface area contributed by atoms with Crippen LogP contribution in [0, 0.1) is 12.7 Å². The molecule has 8 nitrogen and oxygen atoms in total. The van der Waals surface area contributed by atoms with E-state index < -0.39 is 17.7 Å². The topological polar surface area (TPSA) is 113 Å². The zero-order valence-corrected chi connectivity index (χ0v) is 18.4. The maximum absolute atomic E-state index is 13.4. The van der Waals surface area contributed by atoms with Crippen molar-refractivity contribution in [1.29, 1.82) is 0 Å². The van der Waals surface area contributed by atoms with Crippen molar-refractivity contribution in [2.75, 3.05) is 6.54 Å². The highest BCUT2D eigenvalue weighted by Gasteiger charge is 2.14. The fraction of sp³-hybridized carbons (Fsp3) is 0.174. The number of carbonyl (C=O) groups is 3. The van der Waals surface area contributed by atoms with Crippen LogP contribution < -0.4 is 16.0 Å². The predicted octanol–water partition coefficient (Wildman–Crippen LogP) is 2.55. The Bertz CT molecular complexity index is 1190. The fourth-order valence-electron chi connectivity index (χ4n) is 2.86. The number of hydrogen-bond donors (Lipinski definition) is 3. The molecule has 3 amide bonds. The van der Waals surface area contributed by atoms with Crippen molar-refractivity contribution in [3.8, 4) is 0 Å². The van der Waals surface area contributed by atoms with E-state index in [0.29, 0.717) is 10.6 Å². The van der Waals surface area contributed by atoms with Crippen LogP contribution in [0.1, 0.15) is 37.7 Å². The van der Waals surface area contributed by atoms with Crippen LogP contribution in [0.5, 0.6) is 0 Å². The lowest BCUT2D eigenvalue weighted by Crippen LogP contribution is -2.37. The van der Waals surface area contributed by atoms with Gasteiger partial charge in [-0.05, 0) is 41.8 Å². The van der Waals surface area contributed by atoms with E-state index in [2.05, 4.69) is 25.9 Å². The van der Waals surface area contributed by atoms with Gasteiger partial charge in [-0.2, -0.15) is 0 Å². The molecule has 1 aromatic heterocycles. The van der Waals surface area contributed by atoms with Crippen molar-refractivity contribution in [3.05, 3.63) is 93.8 Å². The molecule has 0 aliphatic rings. The molecule has 0 fully saturated rings. The second kappa shape index (κ2) is 11.1. The third kappa shape index (κ3) is 7.08. The number of rotatable bonds is 8. The van der Waals surface area contributed by atoms with Crippen molar-refractivity contribution in [1.82, 2.24) is 25.9 Å². The minimum Gasteiger partial charge on any atom is -0.350 e. The van der Waals surface area contributed by atoms with E-state index in [1.165, 1.54) is 12.1 Å². The summed E-state index contributed by atoms with van der Waals surface area (Å²) in [5.74, 6) is -1.87. The molecule has 0 radical (unpaired) electrons. The van der Waals surface area contributed by atoms with E-state index in [4.69, 9.17) is 11.6 Å². The monoisotopic (exact) mass is 469 g/mol. The van der Waals surface area contributed by atoms with Gasteiger partial charge >= 0.3 is 0 Å². The average molecular weight is 470 g/mol. The van der Waals surface area contributed by atoms with Crippen molar-refractivity contribution >= 4 is 29.3 Å². The van der Waals surface area contributed by atoms with Crippen molar-refractivity contribution in [2.24, 2.45) is 0 Å². The van der Waals surface area contributed by atoms with Gasteiger partial charge in [-0.3, -0.25) is 14.4 Å². The molecule has 170 valence electrons. The smallest absolute Gasteiger partial charge is 0.270 e. The molecule has 3 N–H and O–H groups in total. The van der Waals surface area contributed by atoms with E-state index in [1.54, 1.807) is 37.3 Å². The number of hydrogen-bond acceptors (Lipinski definition) is 5. The molecule has 1 heterocycles. The number of benzene rings is 2. The van der Waals surface area contributed by atoms with Crippen LogP contribution >= 0.6 is 11.6 Å². The molecule has 0 spiro atoms. The first-order valence-electron chi connectivity index (χ1n) is 9.96. The van der Waals surface area contributed by atoms with Gasteiger partial charge < -0.3 is 16.0 Å². The van der Waals surface area contributed by atoms with Gasteiger partial charge in [0.2, 0.25) is 5.91 Å². The summed E-state index contributed by atoms with van der Waals surface area (Å²) in [5.41, 5.74) is 1.94. The number of amides is 3. The van der Waals surface area contributed by atoms with Gasteiger partial charge in [0.1, 0.15) is 23.5 Å². The van der Waals surface area contributed by atoms with Gasteiger partial charge in [-0.15, -0.1) is 0 Å². The lowest BCUT2D eigenvalue weighted by molar-refractivity contribution is -0.120. The predicted molar refractivity (Wildman–Crippen MR) is 120 cm³/mol. The molecule has 0 aliphatic heterocycles. The molecule has 0 saturated heterocycles. The van der Waals surface area contributed by atoms with Gasteiger partial charge in [0, 0.05) is 24.2 Å². The van der Waals surface area contributed by atoms with Crippen molar-refractivity contribution < 1.29 is 18.8 Å². The van der Waals surface area contributed by atoms with Crippen LogP contribution in [0.15, 0.2) is 54.9 Å². The minimum absolute atomic E-state index is 0.0145. The quantitative estimate of drug-likeness (QED) is 0.469. The first-order chi connectivity index (χ1) is 15.8. The Kier molecular flexibility index (Phi) is 8.04. The van der Waals surface area contributed by atoms with Gasteiger partial charge in [-0.25, -0.2) is 14.4 Å². The Balaban J connectivity index is 1.50. The Morgan fingerprint density at radius 2 is 1.55 bits per heavy atom. The maximum Gasteiger partial charge on any atom is 0.270 e. The summed E-state index contributed by atoms with van der Waals surface area (Å²) in [5, 5.41) is 8.34. The molecule has 2 aromatic carbocycles. The third-order valence-electron chi connectivity index (χ3n) is 4.60. The molecular formula is C23H21ClFN5O3. The number of aromatic nitrogens is 2. The number of aryl methyl sites for hydroxylation is 1. The fourth-order valence-corrected chi connectivity index (χ4v) is 3.07. The SMILES string of the molecule is Cc1cc(CNC(=O)c2cc(C(=O)NCC(=O)NCc3cccc(Cl)c3)ncn2)ccc1F. The molecule has 3 rings (SSSR count). The molecule has 0 atom stereocenters. The molecule has 0 unspecified atom stereocenters. The lowest BCUT2D eigenvalue weighted by atomic mass is 10.1. The zero-order chi connectivity index (χ0) is 23.8. The summed E-state index contributed by atoms with van der Waals surface area (Å²) >= 11 is 5.90. The molecule has 0 saturated carbocycles. The van der Waals surface area contributed by atoms with Gasteiger partial charge in [0.05, 0.1) is 6.54 Å². The summed E-state index contributed by atoms with van der Waals surface area (Å²) in [4.78, 5) is 44.4. The highest BCUT2D eigenvalue weighted by molar-refractivity contribution is 6.30. The van der Waals surface area contributed by atoms with E-state index in [1.807, 2.05) is 6.07 Å². The van der Waals surface area contributed by atoms with E-state index in [-0.39, 0.29) is 36.8 Å². The van der Waals surface area contributed by atoms with Gasteiger partial charge in [0.25, 0.3) is 11.8 Å². The average Bonchev–Trinajstić information content (AvgIpc) is 2.82. The van der Waals surface area contributed by atoms with Crippen molar-refractivity contribution in [2.45, 2.75) is 20.0 Å². The summed E-state index contributed by atoms with van der Waals surface area (Å²) in [6.45, 7) is 1.79. The molecule has 3 aromatic rings. The van der Waals surface area contributed by atoms with Gasteiger partial charge in [0.15, 0.2) is 0 Å². The summed E-state index contributed by atoms with van der Waals surface area (Å²) in [6, 6.07) is 12.8. The van der Waals surface area contributed by atoms with Crippen LogP contribution in [0.4, 0.5) is 4.39 Å². The van der Waals surface area contributed by atoms with Crippen LogP contribution in [0.3, 0.4) is 0 Å². The number of halogens is 2. The second-order valence-corrected chi connectivity index (χ2v) is 7.58. The highest BCUT2D eigenvalue weighted by atomic mass is 35.5. The molecular weight excluding hydrogens is 449 g/mol. The Morgan fingerprint density at radius 1 is 0.879 bits per heavy atom. The Hall–Kier alpha value is -3.85. The third-order valence-corrected chi connectivity index (χ3v) is 4.83. The molecule has 33 heavy (non-hydrogen) atoms. The Labute approximate surface area is 194 Å². The van der Waals surface area contributed by atoms with Crippen LogP contribution in [-0.2, 0) is 17.9 Å². The number of nitrogens with one attached hydrogen (secondary N) is 3. The zero-order valence-electron chi connectivity index (χ0n) is 17.7. The van der Waals surface area contributed by atoms with E-state index >= 15 is 0 Å². The lowest BCUT2D eigenvalue weighted by Gasteiger charge is -2.08. The van der Waals surface area contributed by atoms with Crippen molar-refractivity contribution in [3.63, 3.8) is 0 Å². The molecule has 10 heteroatoms. The van der Waals surface area contributed by atoms with E-state index in [9.17, 15) is 18.8 Å². The van der Waals surface area contributed by atoms with Crippen LogP contribution in [0.25, 0.3) is 0 Å². The van der Waals surface area contributed by atoms with Crippen LogP contribution in [-0.4, -0.2) is 34.2 Å². The molecule has 0 aliphatic carbocycles. The molecule has 0 bridgehead atoms. The number of carbonyl (C=O) groups excluding carboxylic acids is 3. The van der Waals surface area contributed by atoms with Gasteiger partial charge in [-0.1, -0.05) is 35.9 Å². The minimum atomic E-state index is -0.626. The standard InChI is InChI=1S/C23H21ClFN5O3/c1-14-7-16(5-6-18(14)25)11-27-22(32)19-9-20(30-13-29-19)23(33)28-12-21(31)26-10-15-3-2-4-17(24)8-15/h2-9,13H,10-12H2,1H3,(H,26,31)(H,27,32)(H,28,33). The first-order valence-corrected chi connectivity index (χ1v) is 10.3. The first kappa shape index (κ1) is 23.8. The summed E-state index contributed by atoms with van der Waals surface area (Å²) in [7, 11) is 0. The Morgan fingerprint density at radius 3 is 2.24 bits per heavy atom.